The molecule has 2 heterocycles. The van der Waals surface area contributed by atoms with Crippen molar-refractivity contribution in [3.8, 4) is 17.2 Å². The van der Waals surface area contributed by atoms with Gasteiger partial charge in [-0.1, -0.05) is 6.07 Å². The quantitative estimate of drug-likeness (QED) is 0.426. The van der Waals surface area contributed by atoms with Crippen LogP contribution in [0.2, 0.25) is 0 Å². The number of amides is 2. The standard InChI is InChI=1S/C25H19F2N5O4/c1-14-10-22(33)32(17-5-3-4-15(26)11-17)31-23(14)25(35)30-16-6-7-21(19(27)12-16)36-18-8-9-29-20(13-18)24(34)28-2/h3-13H,1-2H3,(H,28,34)(H,30,35). The van der Waals surface area contributed by atoms with E-state index in [1.165, 1.54) is 68.7 Å². The number of carbonyl (C=O) groups is 2. The van der Waals surface area contributed by atoms with E-state index in [1.54, 1.807) is 0 Å². The molecule has 0 unspecified atom stereocenters. The molecule has 0 aliphatic carbocycles. The van der Waals surface area contributed by atoms with Gasteiger partial charge in [-0.25, -0.2) is 8.78 Å². The lowest BCUT2D eigenvalue weighted by Gasteiger charge is -2.12. The summed E-state index contributed by atoms with van der Waals surface area (Å²) in [5.74, 6) is -2.42. The first kappa shape index (κ1) is 24.2. The molecule has 0 aliphatic rings. The SMILES string of the molecule is CNC(=O)c1cc(Oc2ccc(NC(=O)c3nn(-c4cccc(F)c4)c(=O)cc3C)cc2F)ccn1. The lowest BCUT2D eigenvalue weighted by Crippen LogP contribution is -2.26. The molecule has 4 aromatic rings. The van der Waals surface area contributed by atoms with E-state index < -0.39 is 29.0 Å². The fraction of sp³-hybridized carbons (Fsp3) is 0.0800. The van der Waals surface area contributed by atoms with Gasteiger partial charge in [-0.15, -0.1) is 0 Å². The minimum Gasteiger partial charge on any atom is -0.454 e. The number of ether oxygens (including phenoxy) is 1. The fourth-order valence-corrected chi connectivity index (χ4v) is 3.27. The Kier molecular flexibility index (Phi) is 6.81. The van der Waals surface area contributed by atoms with Crippen molar-refractivity contribution >= 4 is 17.5 Å². The molecule has 2 aromatic carbocycles. The lowest BCUT2D eigenvalue weighted by atomic mass is 10.2. The highest BCUT2D eigenvalue weighted by atomic mass is 19.1. The number of benzene rings is 2. The molecule has 2 aromatic heterocycles. The number of carbonyl (C=O) groups excluding carboxylic acids is 2. The van der Waals surface area contributed by atoms with Gasteiger partial charge in [0.15, 0.2) is 17.3 Å². The van der Waals surface area contributed by atoms with E-state index in [4.69, 9.17) is 4.74 Å². The number of aromatic nitrogens is 3. The second kappa shape index (κ2) is 10.1. The van der Waals surface area contributed by atoms with E-state index in [9.17, 15) is 23.2 Å². The van der Waals surface area contributed by atoms with Gasteiger partial charge in [0.1, 0.15) is 17.3 Å². The Morgan fingerprint density at radius 1 is 1.00 bits per heavy atom. The predicted molar refractivity (Wildman–Crippen MR) is 127 cm³/mol. The van der Waals surface area contributed by atoms with Crippen LogP contribution in [0.4, 0.5) is 14.5 Å². The first-order valence-electron chi connectivity index (χ1n) is 10.6. The van der Waals surface area contributed by atoms with E-state index in [0.29, 0.717) is 0 Å². The number of nitrogens with one attached hydrogen (secondary N) is 2. The third-order valence-corrected chi connectivity index (χ3v) is 5.00. The van der Waals surface area contributed by atoms with Crippen LogP contribution in [0.25, 0.3) is 5.69 Å². The molecule has 0 bridgehead atoms. The summed E-state index contributed by atoms with van der Waals surface area (Å²) in [7, 11) is 1.46. The molecule has 0 radical (unpaired) electrons. The third-order valence-electron chi connectivity index (χ3n) is 5.00. The summed E-state index contributed by atoms with van der Waals surface area (Å²) < 4.78 is 34.7. The average molecular weight is 491 g/mol. The topological polar surface area (TPSA) is 115 Å². The van der Waals surface area contributed by atoms with Gasteiger partial charge < -0.3 is 15.4 Å². The smallest absolute Gasteiger partial charge is 0.276 e. The van der Waals surface area contributed by atoms with Crippen molar-refractivity contribution in [2.75, 3.05) is 12.4 Å². The van der Waals surface area contributed by atoms with Crippen LogP contribution in [0.5, 0.6) is 11.5 Å². The first-order valence-corrected chi connectivity index (χ1v) is 10.6. The van der Waals surface area contributed by atoms with Crippen LogP contribution in [0.15, 0.2) is 71.7 Å². The summed E-state index contributed by atoms with van der Waals surface area (Å²) in [6.07, 6.45) is 1.35. The van der Waals surface area contributed by atoms with Gasteiger partial charge in [-0.2, -0.15) is 9.78 Å². The summed E-state index contributed by atoms with van der Waals surface area (Å²) in [5, 5.41) is 9.03. The third kappa shape index (κ3) is 5.25. The van der Waals surface area contributed by atoms with Gasteiger partial charge >= 0.3 is 0 Å². The van der Waals surface area contributed by atoms with Crippen LogP contribution in [-0.4, -0.2) is 33.6 Å². The van der Waals surface area contributed by atoms with E-state index in [1.807, 2.05) is 0 Å². The molecule has 0 saturated carbocycles. The second-order valence-corrected chi connectivity index (χ2v) is 7.56. The van der Waals surface area contributed by atoms with Crippen molar-refractivity contribution in [1.29, 1.82) is 0 Å². The van der Waals surface area contributed by atoms with Gasteiger partial charge in [0, 0.05) is 37.1 Å². The minimum absolute atomic E-state index is 0.0988. The van der Waals surface area contributed by atoms with Crippen LogP contribution in [-0.2, 0) is 0 Å². The van der Waals surface area contributed by atoms with E-state index >= 15 is 0 Å². The minimum atomic E-state index is -0.777. The fourth-order valence-electron chi connectivity index (χ4n) is 3.27. The maximum absolute atomic E-state index is 14.7. The lowest BCUT2D eigenvalue weighted by molar-refractivity contribution is 0.0956. The van der Waals surface area contributed by atoms with Gasteiger partial charge in [-0.05, 0) is 48.9 Å². The molecule has 0 aliphatic heterocycles. The Balaban J connectivity index is 1.55. The number of rotatable bonds is 6. The molecule has 36 heavy (non-hydrogen) atoms. The molecule has 2 amide bonds. The summed E-state index contributed by atoms with van der Waals surface area (Å²) in [6, 6.07) is 13.0. The molecule has 4 rings (SSSR count). The van der Waals surface area contributed by atoms with Crippen molar-refractivity contribution in [3.63, 3.8) is 0 Å². The zero-order valence-electron chi connectivity index (χ0n) is 19.1. The van der Waals surface area contributed by atoms with Crippen molar-refractivity contribution in [1.82, 2.24) is 20.1 Å². The Morgan fingerprint density at radius 3 is 2.53 bits per heavy atom. The van der Waals surface area contributed by atoms with Crippen LogP contribution >= 0.6 is 0 Å². The number of halogens is 2. The van der Waals surface area contributed by atoms with Gasteiger partial charge in [0.25, 0.3) is 17.4 Å². The summed E-state index contributed by atoms with van der Waals surface area (Å²) in [4.78, 5) is 40.8. The number of aryl methyl sites for hydroxylation is 1. The molecule has 0 atom stereocenters. The number of anilines is 1. The normalized spacial score (nSPS) is 10.6. The molecule has 9 nitrogen and oxygen atoms in total. The largest absolute Gasteiger partial charge is 0.454 e. The molecular formula is C25H19F2N5O4. The van der Waals surface area contributed by atoms with Crippen molar-refractivity contribution in [2.45, 2.75) is 6.92 Å². The van der Waals surface area contributed by atoms with Crippen molar-refractivity contribution in [3.05, 3.63) is 106 Å². The van der Waals surface area contributed by atoms with Crippen molar-refractivity contribution in [2.24, 2.45) is 0 Å². The maximum Gasteiger partial charge on any atom is 0.276 e. The molecule has 0 fully saturated rings. The number of nitrogens with zero attached hydrogens (tertiary/aromatic N) is 3. The highest BCUT2D eigenvalue weighted by Crippen LogP contribution is 2.27. The zero-order chi connectivity index (χ0) is 25.8. The average Bonchev–Trinajstić information content (AvgIpc) is 2.85. The number of hydrogen-bond donors (Lipinski definition) is 2. The van der Waals surface area contributed by atoms with E-state index in [0.717, 1.165) is 16.8 Å². The Labute approximate surface area is 203 Å². The van der Waals surface area contributed by atoms with E-state index in [2.05, 4.69) is 20.7 Å². The summed E-state index contributed by atoms with van der Waals surface area (Å²) in [6.45, 7) is 1.53. The molecule has 0 spiro atoms. The molecule has 11 heteroatoms. The van der Waals surface area contributed by atoms with Crippen LogP contribution in [0.3, 0.4) is 0 Å². The second-order valence-electron chi connectivity index (χ2n) is 7.56. The molecule has 2 N–H and O–H groups in total. The van der Waals surface area contributed by atoms with Gasteiger partial charge in [0.05, 0.1) is 5.69 Å². The van der Waals surface area contributed by atoms with Crippen LogP contribution in [0.1, 0.15) is 26.5 Å². The van der Waals surface area contributed by atoms with Crippen LogP contribution in [0, 0.1) is 18.6 Å². The first-order chi connectivity index (χ1) is 17.2. The molecule has 0 saturated heterocycles. The number of pyridine rings is 1. The maximum atomic E-state index is 14.7. The van der Waals surface area contributed by atoms with Gasteiger partial charge in [-0.3, -0.25) is 19.4 Å². The Morgan fingerprint density at radius 2 is 1.81 bits per heavy atom. The van der Waals surface area contributed by atoms with Gasteiger partial charge in [0.2, 0.25) is 0 Å². The van der Waals surface area contributed by atoms with Crippen molar-refractivity contribution < 1.29 is 23.1 Å². The molecular weight excluding hydrogens is 472 g/mol. The predicted octanol–water partition coefficient (Wildman–Crippen LogP) is 3.62. The number of hydrogen-bond acceptors (Lipinski definition) is 6. The Hall–Kier alpha value is -4.93. The molecule has 182 valence electrons. The highest BCUT2D eigenvalue weighted by Gasteiger charge is 2.17. The van der Waals surface area contributed by atoms with E-state index in [-0.39, 0.29) is 39.8 Å². The summed E-state index contributed by atoms with van der Waals surface area (Å²) in [5.41, 5.74) is 0.000498. The Bertz CT molecular complexity index is 1540. The zero-order valence-corrected chi connectivity index (χ0v) is 19.1. The van der Waals surface area contributed by atoms with Crippen LogP contribution < -0.4 is 20.9 Å². The monoisotopic (exact) mass is 491 g/mol. The highest BCUT2D eigenvalue weighted by molar-refractivity contribution is 6.03. The summed E-state index contributed by atoms with van der Waals surface area (Å²) >= 11 is 0.